The van der Waals surface area contributed by atoms with Gasteiger partial charge in [0.05, 0.1) is 5.69 Å². The first-order valence-corrected chi connectivity index (χ1v) is 5.84. The Balaban J connectivity index is 2.20. The number of fused-ring (bicyclic) bond motifs is 1. The van der Waals surface area contributed by atoms with Crippen LogP contribution in [-0.4, -0.2) is 60.3 Å². The molecular formula is C13H17N3O2. The van der Waals surface area contributed by atoms with Crippen LogP contribution in [0.5, 0.6) is 0 Å². The van der Waals surface area contributed by atoms with Crippen molar-refractivity contribution in [2.24, 2.45) is 0 Å². The molecule has 0 saturated heterocycles. The van der Waals surface area contributed by atoms with Gasteiger partial charge in [-0.05, 0) is 26.2 Å². The molecule has 96 valence electrons. The highest BCUT2D eigenvalue weighted by molar-refractivity contribution is 6.15. The van der Waals surface area contributed by atoms with Crippen molar-refractivity contribution in [2.75, 3.05) is 34.2 Å². The van der Waals surface area contributed by atoms with Crippen LogP contribution >= 0.6 is 0 Å². The fourth-order valence-electron chi connectivity index (χ4n) is 1.89. The minimum atomic E-state index is -0.143. The second-order valence-electron chi connectivity index (χ2n) is 4.69. The molecule has 5 nitrogen and oxygen atoms in total. The maximum Gasteiger partial charge on any atom is 0.278 e. The number of hydrogen-bond donors (Lipinski definition) is 0. The molecule has 0 fully saturated rings. The van der Waals surface area contributed by atoms with Crippen LogP contribution in [0.15, 0.2) is 30.1 Å². The number of carbonyl (C=O) groups is 2. The van der Waals surface area contributed by atoms with Crippen molar-refractivity contribution in [1.29, 1.82) is 0 Å². The van der Waals surface area contributed by atoms with Gasteiger partial charge in [0.1, 0.15) is 5.70 Å². The molecule has 0 N–H and O–H groups in total. The van der Waals surface area contributed by atoms with Crippen molar-refractivity contribution >= 4 is 11.7 Å². The van der Waals surface area contributed by atoms with E-state index in [-0.39, 0.29) is 11.7 Å². The Bertz CT molecular complexity index is 514. The van der Waals surface area contributed by atoms with Gasteiger partial charge in [-0.1, -0.05) is 0 Å². The van der Waals surface area contributed by atoms with Gasteiger partial charge >= 0.3 is 0 Å². The van der Waals surface area contributed by atoms with Gasteiger partial charge in [-0.3, -0.25) is 14.2 Å². The highest BCUT2D eigenvalue weighted by atomic mass is 16.2. The lowest BCUT2D eigenvalue weighted by molar-refractivity contribution is 0.0878. The Morgan fingerprint density at radius 2 is 1.89 bits per heavy atom. The first-order chi connectivity index (χ1) is 8.50. The molecule has 0 spiro atoms. The molecule has 0 bridgehead atoms. The molecule has 0 aliphatic carbocycles. The molecule has 5 heteroatoms. The predicted octanol–water partition coefficient (Wildman–Crippen LogP) is 0.702. The molecule has 2 heterocycles. The van der Waals surface area contributed by atoms with Crippen molar-refractivity contribution in [3.05, 3.63) is 35.8 Å². The summed E-state index contributed by atoms with van der Waals surface area (Å²) in [5, 5.41) is 0. The van der Waals surface area contributed by atoms with E-state index < -0.39 is 0 Å². The Kier molecular flexibility index (Phi) is 3.34. The Morgan fingerprint density at radius 1 is 1.17 bits per heavy atom. The zero-order chi connectivity index (χ0) is 13.3. The molecular weight excluding hydrogens is 230 g/mol. The number of rotatable bonds is 4. The molecule has 0 atom stereocenters. The van der Waals surface area contributed by atoms with Gasteiger partial charge in [-0.25, -0.2) is 0 Å². The van der Waals surface area contributed by atoms with Crippen molar-refractivity contribution < 1.29 is 9.59 Å². The summed E-state index contributed by atoms with van der Waals surface area (Å²) in [7, 11) is 5.77. The summed E-state index contributed by atoms with van der Waals surface area (Å²) in [5.74, 6) is -0.262. The molecule has 0 unspecified atom stereocenters. The minimum Gasteiger partial charge on any atom is -0.369 e. The number of hydrogen-bond acceptors (Lipinski definition) is 4. The van der Waals surface area contributed by atoms with Crippen molar-refractivity contribution in [3.63, 3.8) is 0 Å². The van der Waals surface area contributed by atoms with E-state index >= 15 is 0 Å². The summed E-state index contributed by atoms with van der Waals surface area (Å²) >= 11 is 0. The van der Waals surface area contributed by atoms with E-state index in [0.29, 0.717) is 17.9 Å². The summed E-state index contributed by atoms with van der Waals surface area (Å²) in [5.41, 5.74) is 0.885. The van der Waals surface area contributed by atoms with Gasteiger partial charge in [0.2, 0.25) is 5.78 Å². The van der Waals surface area contributed by atoms with Crippen LogP contribution in [0.2, 0.25) is 0 Å². The fraction of sp³-hybridized carbons (Fsp3) is 0.385. The van der Waals surface area contributed by atoms with Crippen LogP contribution in [0, 0.1) is 0 Å². The Hall–Kier alpha value is -1.88. The third-order valence-corrected chi connectivity index (χ3v) is 3.00. The van der Waals surface area contributed by atoms with Gasteiger partial charge in [-0.15, -0.1) is 0 Å². The van der Waals surface area contributed by atoms with E-state index in [1.807, 2.05) is 30.9 Å². The second kappa shape index (κ2) is 4.78. The number of carbonyl (C=O) groups excluding carboxylic acids is 2. The normalized spacial score (nSPS) is 14.8. The smallest absolute Gasteiger partial charge is 0.278 e. The lowest BCUT2D eigenvalue weighted by Crippen LogP contribution is -2.35. The van der Waals surface area contributed by atoms with E-state index in [2.05, 4.69) is 0 Å². The molecule has 0 amide bonds. The maximum atomic E-state index is 12.2. The molecule has 1 aromatic heterocycles. The zero-order valence-corrected chi connectivity index (χ0v) is 10.9. The summed E-state index contributed by atoms with van der Waals surface area (Å²) in [6, 6.07) is 3.37. The van der Waals surface area contributed by atoms with Crippen LogP contribution in [0.4, 0.5) is 0 Å². The highest BCUT2D eigenvalue weighted by Crippen LogP contribution is 2.17. The molecule has 0 radical (unpaired) electrons. The SMILES string of the molecule is CN(C)CCN(C)C1=CC(=O)c2cccn2C1=O. The molecule has 18 heavy (non-hydrogen) atoms. The molecule has 1 aromatic rings. The van der Waals surface area contributed by atoms with Crippen LogP contribution in [0.3, 0.4) is 0 Å². The third kappa shape index (κ3) is 2.22. The molecule has 0 aromatic carbocycles. The monoisotopic (exact) mass is 247 g/mol. The molecule has 1 aliphatic heterocycles. The van der Waals surface area contributed by atoms with Gasteiger partial charge in [0.25, 0.3) is 5.91 Å². The quantitative estimate of drug-likeness (QED) is 0.786. The van der Waals surface area contributed by atoms with Gasteiger partial charge in [0, 0.05) is 32.4 Å². The average molecular weight is 247 g/mol. The number of ketones is 1. The Morgan fingerprint density at radius 3 is 2.56 bits per heavy atom. The summed E-state index contributed by atoms with van der Waals surface area (Å²) in [4.78, 5) is 27.9. The lowest BCUT2D eigenvalue weighted by Gasteiger charge is -2.25. The van der Waals surface area contributed by atoms with Crippen LogP contribution in [-0.2, 0) is 0 Å². The third-order valence-electron chi connectivity index (χ3n) is 3.00. The minimum absolute atomic E-state index is 0.119. The Labute approximate surface area is 106 Å². The second-order valence-corrected chi connectivity index (χ2v) is 4.69. The summed E-state index contributed by atoms with van der Waals surface area (Å²) in [6.07, 6.45) is 3.05. The van der Waals surface area contributed by atoms with Crippen LogP contribution in [0.1, 0.15) is 15.3 Å². The fourth-order valence-corrected chi connectivity index (χ4v) is 1.89. The predicted molar refractivity (Wildman–Crippen MR) is 68.7 cm³/mol. The molecule has 2 rings (SSSR count). The number of likely N-dealkylation sites (N-methyl/N-ethyl adjacent to an activating group) is 2. The summed E-state index contributed by atoms with van der Waals surface area (Å²) < 4.78 is 1.41. The van der Waals surface area contributed by atoms with Crippen LogP contribution in [0.25, 0.3) is 0 Å². The molecule has 1 aliphatic rings. The topological polar surface area (TPSA) is 45.5 Å². The van der Waals surface area contributed by atoms with Gasteiger partial charge < -0.3 is 9.80 Å². The van der Waals surface area contributed by atoms with Crippen molar-refractivity contribution in [1.82, 2.24) is 14.4 Å². The van der Waals surface area contributed by atoms with Crippen LogP contribution < -0.4 is 0 Å². The number of aromatic nitrogens is 1. The maximum absolute atomic E-state index is 12.2. The highest BCUT2D eigenvalue weighted by Gasteiger charge is 2.26. The van der Waals surface area contributed by atoms with E-state index in [4.69, 9.17) is 0 Å². The average Bonchev–Trinajstić information content (AvgIpc) is 2.80. The molecule has 0 saturated carbocycles. The largest absolute Gasteiger partial charge is 0.369 e. The first-order valence-electron chi connectivity index (χ1n) is 5.84. The lowest BCUT2D eigenvalue weighted by atomic mass is 10.1. The first kappa shape index (κ1) is 12.6. The zero-order valence-electron chi connectivity index (χ0n) is 10.9. The van der Waals surface area contributed by atoms with E-state index in [1.165, 1.54) is 10.6 Å². The van der Waals surface area contributed by atoms with E-state index in [1.54, 1.807) is 18.3 Å². The van der Waals surface area contributed by atoms with Crippen molar-refractivity contribution in [2.45, 2.75) is 0 Å². The van der Waals surface area contributed by atoms with Gasteiger partial charge in [0.15, 0.2) is 0 Å². The number of nitrogens with zero attached hydrogens (tertiary/aromatic N) is 3. The number of allylic oxidation sites excluding steroid dienone is 2. The summed E-state index contributed by atoms with van der Waals surface area (Å²) in [6.45, 7) is 1.53. The van der Waals surface area contributed by atoms with Gasteiger partial charge in [-0.2, -0.15) is 0 Å². The van der Waals surface area contributed by atoms with E-state index in [9.17, 15) is 9.59 Å². The van der Waals surface area contributed by atoms with Crippen molar-refractivity contribution in [3.8, 4) is 0 Å². The standard InChI is InChI=1S/C13H17N3O2/c1-14(2)7-8-15(3)11-9-12(17)10-5-4-6-16(10)13(11)18/h4-6,9H,7-8H2,1-3H3. The van der Waals surface area contributed by atoms with E-state index in [0.717, 1.165) is 6.54 Å².